The van der Waals surface area contributed by atoms with Crippen molar-refractivity contribution >= 4 is 5.97 Å². The zero-order chi connectivity index (χ0) is 13.3. The lowest BCUT2D eigenvalue weighted by Crippen LogP contribution is -2.23. The van der Waals surface area contributed by atoms with Gasteiger partial charge in [-0.15, -0.1) is 0 Å². The summed E-state index contributed by atoms with van der Waals surface area (Å²) in [7, 11) is 0. The van der Waals surface area contributed by atoms with E-state index < -0.39 is 5.41 Å². The van der Waals surface area contributed by atoms with E-state index in [1.807, 2.05) is 20.8 Å². The molecule has 0 aromatic rings. The molecule has 0 aliphatic carbocycles. The molecule has 0 saturated heterocycles. The number of carbonyl (C=O) groups excluding carboxylic acids is 1. The molecule has 3 heteroatoms. The Bertz CT molecular complexity index is 251. The Morgan fingerprint density at radius 3 is 2.41 bits per heavy atom. The van der Waals surface area contributed by atoms with E-state index in [2.05, 4.69) is 13.2 Å². The summed E-state index contributed by atoms with van der Waals surface area (Å²) in [6.45, 7) is 13.2. The van der Waals surface area contributed by atoms with Gasteiger partial charge in [0.2, 0.25) is 0 Å². The largest absolute Gasteiger partial charge is 0.495 e. The zero-order valence-corrected chi connectivity index (χ0v) is 11.2. The fourth-order valence-electron chi connectivity index (χ4n) is 1.19. The predicted molar refractivity (Wildman–Crippen MR) is 69.5 cm³/mol. The Morgan fingerprint density at radius 2 is 1.94 bits per heavy atom. The van der Waals surface area contributed by atoms with Gasteiger partial charge in [0.1, 0.15) is 6.10 Å². The molecular weight excluding hydrogens is 216 g/mol. The van der Waals surface area contributed by atoms with Crippen molar-refractivity contribution in [3.05, 3.63) is 25.5 Å². The van der Waals surface area contributed by atoms with Gasteiger partial charge in [-0.05, 0) is 40.0 Å². The maximum Gasteiger partial charge on any atom is 0.311 e. The minimum Gasteiger partial charge on any atom is -0.495 e. The van der Waals surface area contributed by atoms with Gasteiger partial charge < -0.3 is 9.47 Å². The molecule has 0 heterocycles. The quantitative estimate of drug-likeness (QED) is 0.282. The molecule has 3 nitrogen and oxygen atoms in total. The lowest BCUT2D eigenvalue weighted by molar-refractivity contribution is -0.153. The molecule has 0 bridgehead atoms. The predicted octanol–water partition coefficient (Wildman–Crippen LogP) is 3.46. The second-order valence-electron chi connectivity index (χ2n) is 4.96. The summed E-state index contributed by atoms with van der Waals surface area (Å²) in [5.41, 5.74) is -0.421. The Labute approximate surface area is 104 Å². The molecule has 0 aliphatic heterocycles. The molecule has 0 aromatic carbocycles. The van der Waals surface area contributed by atoms with E-state index in [-0.39, 0.29) is 12.1 Å². The molecule has 1 unspecified atom stereocenters. The minimum atomic E-state index is -0.421. The lowest BCUT2D eigenvalue weighted by atomic mass is 9.97. The molecule has 17 heavy (non-hydrogen) atoms. The van der Waals surface area contributed by atoms with E-state index in [9.17, 15) is 4.79 Å². The van der Waals surface area contributed by atoms with Gasteiger partial charge in [-0.25, -0.2) is 0 Å². The van der Waals surface area contributed by atoms with Gasteiger partial charge in [0.25, 0.3) is 0 Å². The normalized spacial score (nSPS) is 12.6. The number of rotatable bonds is 8. The van der Waals surface area contributed by atoms with Crippen molar-refractivity contribution in [2.24, 2.45) is 5.41 Å². The summed E-state index contributed by atoms with van der Waals surface area (Å²) in [6, 6.07) is 0. The highest BCUT2D eigenvalue weighted by molar-refractivity contribution is 5.75. The maximum absolute atomic E-state index is 11.4. The van der Waals surface area contributed by atoms with Crippen LogP contribution in [0.15, 0.2) is 25.5 Å². The first-order valence-electron chi connectivity index (χ1n) is 5.98. The van der Waals surface area contributed by atoms with Gasteiger partial charge in [0, 0.05) is 0 Å². The van der Waals surface area contributed by atoms with E-state index in [0.29, 0.717) is 6.61 Å². The molecular formula is C14H24O3. The van der Waals surface area contributed by atoms with Gasteiger partial charge in [0.15, 0.2) is 0 Å². The van der Waals surface area contributed by atoms with E-state index >= 15 is 0 Å². The third-order valence-electron chi connectivity index (χ3n) is 2.26. The molecule has 0 radical (unpaired) electrons. The van der Waals surface area contributed by atoms with Crippen LogP contribution >= 0.6 is 0 Å². The molecule has 0 amide bonds. The van der Waals surface area contributed by atoms with Crippen molar-refractivity contribution in [2.45, 2.75) is 46.1 Å². The second kappa shape index (κ2) is 7.93. The monoisotopic (exact) mass is 240 g/mol. The van der Waals surface area contributed by atoms with Crippen molar-refractivity contribution in [1.29, 1.82) is 0 Å². The minimum absolute atomic E-state index is 0.00539. The number of hydrogen-bond donors (Lipinski definition) is 0. The molecule has 0 N–H and O–H groups in total. The van der Waals surface area contributed by atoms with Crippen LogP contribution in [-0.4, -0.2) is 18.7 Å². The first-order valence-corrected chi connectivity index (χ1v) is 5.98. The topological polar surface area (TPSA) is 35.5 Å². The van der Waals surface area contributed by atoms with Gasteiger partial charge in [-0.3, -0.25) is 4.79 Å². The van der Waals surface area contributed by atoms with E-state index in [1.165, 1.54) is 6.26 Å². The van der Waals surface area contributed by atoms with Crippen LogP contribution in [0.2, 0.25) is 0 Å². The van der Waals surface area contributed by atoms with Gasteiger partial charge in [0.05, 0.1) is 18.3 Å². The molecule has 0 spiro atoms. The number of esters is 1. The van der Waals surface area contributed by atoms with Gasteiger partial charge >= 0.3 is 5.97 Å². The van der Waals surface area contributed by atoms with E-state index in [1.54, 1.807) is 6.08 Å². The SMILES string of the molecule is C=COC(C=C)CCCCOC(=O)C(C)(C)C. The summed E-state index contributed by atoms with van der Waals surface area (Å²) in [5, 5.41) is 0. The summed E-state index contributed by atoms with van der Waals surface area (Å²) in [6.07, 6.45) is 5.82. The molecule has 0 fully saturated rings. The molecule has 0 aromatic heterocycles. The summed E-state index contributed by atoms with van der Waals surface area (Å²) in [4.78, 5) is 11.4. The number of hydrogen-bond acceptors (Lipinski definition) is 3. The van der Waals surface area contributed by atoms with Crippen LogP contribution in [0.3, 0.4) is 0 Å². The van der Waals surface area contributed by atoms with Gasteiger partial charge in [-0.1, -0.05) is 19.2 Å². The van der Waals surface area contributed by atoms with E-state index in [4.69, 9.17) is 9.47 Å². The highest BCUT2D eigenvalue weighted by atomic mass is 16.5. The molecule has 0 saturated carbocycles. The standard InChI is InChI=1S/C14H24O3/c1-6-12(16-7-2)10-8-9-11-17-13(15)14(3,4)5/h6-7,12H,1-2,8-11H2,3-5H3. The average molecular weight is 240 g/mol. The fraction of sp³-hybridized carbons (Fsp3) is 0.643. The summed E-state index contributed by atoms with van der Waals surface area (Å²) < 4.78 is 10.4. The zero-order valence-electron chi connectivity index (χ0n) is 11.2. The van der Waals surface area contributed by atoms with E-state index in [0.717, 1.165) is 19.3 Å². The molecule has 1 atom stereocenters. The average Bonchev–Trinajstić information content (AvgIpc) is 2.25. The smallest absolute Gasteiger partial charge is 0.311 e. The Kier molecular flexibility index (Phi) is 7.35. The fourth-order valence-corrected chi connectivity index (χ4v) is 1.19. The van der Waals surface area contributed by atoms with Crippen LogP contribution in [0.4, 0.5) is 0 Å². The number of ether oxygens (including phenoxy) is 2. The summed E-state index contributed by atoms with van der Waals surface area (Å²) in [5.74, 6) is -0.153. The second-order valence-corrected chi connectivity index (χ2v) is 4.96. The Morgan fingerprint density at radius 1 is 1.29 bits per heavy atom. The third kappa shape index (κ3) is 7.61. The highest BCUT2D eigenvalue weighted by Crippen LogP contribution is 2.15. The van der Waals surface area contributed by atoms with Crippen LogP contribution < -0.4 is 0 Å². The van der Waals surface area contributed by atoms with Crippen molar-refractivity contribution in [2.75, 3.05) is 6.61 Å². The van der Waals surface area contributed by atoms with Crippen LogP contribution in [0.25, 0.3) is 0 Å². The lowest BCUT2D eigenvalue weighted by Gasteiger charge is -2.16. The Hall–Kier alpha value is -1.25. The maximum atomic E-state index is 11.4. The van der Waals surface area contributed by atoms with Crippen LogP contribution in [0.1, 0.15) is 40.0 Å². The third-order valence-corrected chi connectivity index (χ3v) is 2.26. The highest BCUT2D eigenvalue weighted by Gasteiger charge is 2.22. The first kappa shape index (κ1) is 15.8. The van der Waals surface area contributed by atoms with Crippen LogP contribution in [-0.2, 0) is 14.3 Å². The number of unbranched alkanes of at least 4 members (excludes halogenated alkanes) is 1. The van der Waals surface area contributed by atoms with Crippen molar-refractivity contribution < 1.29 is 14.3 Å². The van der Waals surface area contributed by atoms with Gasteiger partial charge in [-0.2, -0.15) is 0 Å². The Balaban J connectivity index is 3.62. The van der Waals surface area contributed by atoms with Crippen molar-refractivity contribution in [3.8, 4) is 0 Å². The number of carbonyl (C=O) groups is 1. The van der Waals surface area contributed by atoms with Crippen LogP contribution in [0, 0.1) is 5.41 Å². The van der Waals surface area contributed by atoms with Crippen molar-refractivity contribution in [1.82, 2.24) is 0 Å². The molecule has 0 rings (SSSR count). The molecule has 0 aliphatic rings. The van der Waals surface area contributed by atoms with Crippen LogP contribution in [0.5, 0.6) is 0 Å². The molecule has 98 valence electrons. The first-order chi connectivity index (χ1) is 7.91. The summed E-state index contributed by atoms with van der Waals surface area (Å²) >= 11 is 0. The van der Waals surface area contributed by atoms with Crippen molar-refractivity contribution in [3.63, 3.8) is 0 Å².